The molecule has 2 N–H and O–H groups in total. The van der Waals surface area contributed by atoms with Gasteiger partial charge in [-0.1, -0.05) is 30.3 Å². The lowest BCUT2D eigenvalue weighted by atomic mass is 10.0. The molecule has 0 spiro atoms. The van der Waals surface area contributed by atoms with Crippen molar-refractivity contribution in [2.75, 3.05) is 26.2 Å². The van der Waals surface area contributed by atoms with Gasteiger partial charge in [0.05, 0.1) is 0 Å². The highest BCUT2D eigenvalue weighted by atomic mass is 15.2. The predicted octanol–water partition coefficient (Wildman–Crippen LogP) is 2.90. The van der Waals surface area contributed by atoms with Crippen molar-refractivity contribution in [3.05, 3.63) is 54.1 Å². The molecule has 1 aromatic heterocycles. The van der Waals surface area contributed by atoms with Gasteiger partial charge in [0, 0.05) is 63.6 Å². The Morgan fingerprint density at radius 3 is 2.66 bits per heavy atom. The zero-order valence-corrected chi connectivity index (χ0v) is 18.1. The summed E-state index contributed by atoms with van der Waals surface area (Å²) in [6.07, 6.45) is 7.11. The van der Waals surface area contributed by atoms with E-state index in [1.807, 2.05) is 6.20 Å². The van der Waals surface area contributed by atoms with Crippen LogP contribution in [0, 0.1) is 0 Å². The van der Waals surface area contributed by atoms with Gasteiger partial charge < -0.3 is 20.1 Å². The average molecular weight is 397 g/mol. The molecule has 6 nitrogen and oxygen atoms in total. The van der Waals surface area contributed by atoms with E-state index in [0.29, 0.717) is 12.1 Å². The van der Waals surface area contributed by atoms with Crippen molar-refractivity contribution in [3.8, 4) is 0 Å². The number of guanidine groups is 1. The number of nitrogens with zero attached hydrogens (tertiary/aromatic N) is 4. The molecule has 1 aliphatic heterocycles. The summed E-state index contributed by atoms with van der Waals surface area (Å²) in [6, 6.07) is 11.7. The van der Waals surface area contributed by atoms with Crippen molar-refractivity contribution in [2.24, 2.45) is 4.99 Å². The van der Waals surface area contributed by atoms with E-state index < -0.39 is 0 Å². The van der Waals surface area contributed by atoms with Crippen LogP contribution in [0.4, 0.5) is 0 Å². The molecule has 0 aliphatic carbocycles. The molecule has 2 aromatic rings. The highest BCUT2D eigenvalue weighted by molar-refractivity contribution is 5.80. The van der Waals surface area contributed by atoms with Crippen LogP contribution in [0.2, 0.25) is 0 Å². The van der Waals surface area contributed by atoms with E-state index >= 15 is 0 Å². The fourth-order valence-corrected chi connectivity index (χ4v) is 3.83. The molecule has 0 radical (unpaired) electrons. The first kappa shape index (κ1) is 21.4. The van der Waals surface area contributed by atoms with Gasteiger partial charge in [0.25, 0.3) is 0 Å². The van der Waals surface area contributed by atoms with E-state index in [2.05, 4.69) is 82.4 Å². The predicted molar refractivity (Wildman–Crippen MR) is 120 cm³/mol. The smallest absolute Gasteiger partial charge is 0.191 e. The number of piperidine rings is 1. The first-order valence-electron chi connectivity index (χ1n) is 11.0. The number of imidazole rings is 1. The fourth-order valence-electron chi connectivity index (χ4n) is 3.83. The Morgan fingerprint density at radius 2 is 1.97 bits per heavy atom. The second-order valence-corrected chi connectivity index (χ2v) is 8.02. The molecule has 29 heavy (non-hydrogen) atoms. The summed E-state index contributed by atoms with van der Waals surface area (Å²) >= 11 is 0. The average Bonchev–Trinajstić information content (AvgIpc) is 3.16. The van der Waals surface area contributed by atoms with Crippen molar-refractivity contribution in [1.29, 1.82) is 0 Å². The Bertz CT molecular complexity index is 744. The Labute approximate surface area is 175 Å². The van der Waals surface area contributed by atoms with E-state index in [-0.39, 0.29) is 0 Å². The van der Waals surface area contributed by atoms with Crippen LogP contribution in [-0.2, 0) is 13.0 Å². The van der Waals surface area contributed by atoms with Crippen LogP contribution >= 0.6 is 0 Å². The molecule has 1 saturated heterocycles. The first-order chi connectivity index (χ1) is 14.2. The SMILES string of the molecule is CCNC(=NCCc1nccn1Cc1ccccc1)NC1CCN(C(C)C)CC1. The van der Waals surface area contributed by atoms with Crippen molar-refractivity contribution in [2.45, 2.75) is 58.7 Å². The lowest BCUT2D eigenvalue weighted by Crippen LogP contribution is -2.49. The third-order valence-corrected chi connectivity index (χ3v) is 5.55. The minimum Gasteiger partial charge on any atom is -0.357 e. The fraction of sp³-hybridized carbons (Fsp3) is 0.565. The van der Waals surface area contributed by atoms with E-state index in [9.17, 15) is 0 Å². The van der Waals surface area contributed by atoms with Crippen molar-refractivity contribution in [3.63, 3.8) is 0 Å². The number of benzene rings is 1. The van der Waals surface area contributed by atoms with Gasteiger partial charge in [-0.05, 0) is 39.2 Å². The topological polar surface area (TPSA) is 57.5 Å². The molecule has 0 atom stereocenters. The molecule has 1 aromatic carbocycles. The zero-order valence-electron chi connectivity index (χ0n) is 18.1. The molecule has 0 amide bonds. The van der Waals surface area contributed by atoms with Gasteiger partial charge in [-0.3, -0.25) is 4.99 Å². The maximum absolute atomic E-state index is 4.81. The zero-order chi connectivity index (χ0) is 20.5. The number of rotatable bonds is 8. The molecule has 158 valence electrons. The van der Waals surface area contributed by atoms with E-state index in [4.69, 9.17) is 4.99 Å². The van der Waals surface area contributed by atoms with Gasteiger partial charge >= 0.3 is 0 Å². The second-order valence-electron chi connectivity index (χ2n) is 8.02. The van der Waals surface area contributed by atoms with E-state index in [0.717, 1.165) is 50.9 Å². The normalized spacial score (nSPS) is 16.3. The molecule has 0 saturated carbocycles. The quantitative estimate of drug-likeness (QED) is 0.532. The van der Waals surface area contributed by atoms with Crippen molar-refractivity contribution < 1.29 is 0 Å². The Hall–Kier alpha value is -2.34. The number of hydrogen-bond acceptors (Lipinski definition) is 3. The first-order valence-corrected chi connectivity index (χ1v) is 11.0. The number of aliphatic imine (C=N–C) groups is 1. The van der Waals surface area contributed by atoms with Gasteiger partial charge in [-0.25, -0.2) is 4.98 Å². The van der Waals surface area contributed by atoms with Crippen molar-refractivity contribution >= 4 is 5.96 Å². The summed E-state index contributed by atoms with van der Waals surface area (Å²) in [7, 11) is 0. The number of hydrogen-bond donors (Lipinski definition) is 2. The minimum absolute atomic E-state index is 0.503. The number of nitrogens with one attached hydrogen (secondary N) is 2. The summed E-state index contributed by atoms with van der Waals surface area (Å²) in [5.74, 6) is 2.01. The molecule has 1 fully saturated rings. The summed E-state index contributed by atoms with van der Waals surface area (Å²) in [6.45, 7) is 11.4. The Balaban J connectivity index is 1.52. The third kappa shape index (κ3) is 6.60. The van der Waals surface area contributed by atoms with Crippen LogP contribution in [0.25, 0.3) is 0 Å². The summed E-state index contributed by atoms with van der Waals surface area (Å²) in [5, 5.41) is 7.03. The third-order valence-electron chi connectivity index (χ3n) is 5.55. The van der Waals surface area contributed by atoms with Crippen LogP contribution in [0.15, 0.2) is 47.7 Å². The monoisotopic (exact) mass is 396 g/mol. The van der Waals surface area contributed by atoms with Crippen molar-refractivity contribution in [1.82, 2.24) is 25.1 Å². The number of likely N-dealkylation sites (tertiary alicyclic amines) is 1. The lowest BCUT2D eigenvalue weighted by molar-refractivity contribution is 0.167. The second kappa shape index (κ2) is 11.0. The van der Waals surface area contributed by atoms with E-state index in [1.165, 1.54) is 18.4 Å². The van der Waals surface area contributed by atoms with Gasteiger partial charge in [0.1, 0.15) is 5.82 Å². The van der Waals surface area contributed by atoms with Gasteiger partial charge in [-0.15, -0.1) is 0 Å². The highest BCUT2D eigenvalue weighted by Gasteiger charge is 2.21. The molecule has 1 aliphatic rings. The van der Waals surface area contributed by atoms with Crippen LogP contribution in [0.1, 0.15) is 45.0 Å². The van der Waals surface area contributed by atoms with Crippen LogP contribution in [0.3, 0.4) is 0 Å². The lowest BCUT2D eigenvalue weighted by Gasteiger charge is -2.35. The van der Waals surface area contributed by atoms with Crippen LogP contribution in [0.5, 0.6) is 0 Å². The summed E-state index contributed by atoms with van der Waals surface area (Å²) in [4.78, 5) is 11.9. The molecule has 0 unspecified atom stereocenters. The molecule has 0 bridgehead atoms. The Morgan fingerprint density at radius 1 is 1.21 bits per heavy atom. The molecular weight excluding hydrogens is 360 g/mol. The van der Waals surface area contributed by atoms with Gasteiger partial charge in [0.15, 0.2) is 5.96 Å². The van der Waals surface area contributed by atoms with Crippen LogP contribution < -0.4 is 10.6 Å². The van der Waals surface area contributed by atoms with E-state index in [1.54, 1.807) is 0 Å². The maximum atomic E-state index is 4.81. The Kier molecular flexibility index (Phi) is 8.11. The molecule has 2 heterocycles. The molecular formula is C23H36N6. The summed E-state index contributed by atoms with van der Waals surface area (Å²) < 4.78 is 2.22. The van der Waals surface area contributed by atoms with Gasteiger partial charge in [0.2, 0.25) is 0 Å². The summed E-state index contributed by atoms with van der Waals surface area (Å²) in [5.41, 5.74) is 1.29. The van der Waals surface area contributed by atoms with Crippen LogP contribution in [-0.4, -0.2) is 58.7 Å². The minimum atomic E-state index is 0.503. The molecule has 3 rings (SSSR count). The maximum Gasteiger partial charge on any atom is 0.191 e. The van der Waals surface area contributed by atoms with Gasteiger partial charge in [-0.2, -0.15) is 0 Å². The standard InChI is InChI=1S/C23H36N6/c1-4-24-23(27-21-11-15-28(16-12-21)19(2)3)26-13-10-22-25-14-17-29(22)18-20-8-6-5-7-9-20/h5-9,14,17,19,21H,4,10-13,15-16,18H2,1-3H3,(H2,24,26,27). The largest absolute Gasteiger partial charge is 0.357 e. The molecule has 6 heteroatoms. The number of aromatic nitrogens is 2. The highest BCUT2D eigenvalue weighted by Crippen LogP contribution is 2.13.